The third-order valence-electron chi connectivity index (χ3n) is 4.95. The Kier molecular flexibility index (Phi) is 3.81. The number of carbonyl (C=O) groups excluding carboxylic acids is 2. The number of rotatable bonds is 3. The van der Waals surface area contributed by atoms with Crippen molar-refractivity contribution in [1.82, 2.24) is 5.32 Å². The maximum atomic E-state index is 12.5. The lowest BCUT2D eigenvalue weighted by atomic mass is 10.1. The normalized spacial score (nSPS) is 19.4. The first-order valence-corrected chi connectivity index (χ1v) is 8.51. The number of hydrogen-bond donors (Lipinski definition) is 1. The predicted octanol–water partition coefficient (Wildman–Crippen LogP) is 3.23. The van der Waals surface area contributed by atoms with Crippen LogP contribution in [-0.4, -0.2) is 18.4 Å². The summed E-state index contributed by atoms with van der Waals surface area (Å²) < 4.78 is 0. The number of hydrogen-bond acceptors (Lipinski definition) is 2. The Hall–Kier alpha value is -2.62. The Balaban J connectivity index is 1.46. The largest absolute Gasteiger partial charge is 0.345 e. The molecular weight excluding hydrogens is 300 g/mol. The molecule has 4 heteroatoms. The Morgan fingerprint density at radius 1 is 1.04 bits per heavy atom. The lowest BCUT2D eigenvalue weighted by molar-refractivity contribution is -0.117. The third-order valence-corrected chi connectivity index (χ3v) is 4.95. The van der Waals surface area contributed by atoms with Crippen molar-refractivity contribution in [2.24, 2.45) is 0 Å². The van der Waals surface area contributed by atoms with Crippen LogP contribution in [0.5, 0.6) is 0 Å². The summed E-state index contributed by atoms with van der Waals surface area (Å²) in [6, 6.07) is 15.7. The average Bonchev–Trinajstić information content (AvgIpc) is 3.22. The molecule has 1 aliphatic carbocycles. The summed E-state index contributed by atoms with van der Waals surface area (Å²) in [5, 5.41) is 3.13. The van der Waals surface area contributed by atoms with Gasteiger partial charge in [0.15, 0.2) is 0 Å². The predicted molar refractivity (Wildman–Crippen MR) is 93.0 cm³/mol. The van der Waals surface area contributed by atoms with E-state index >= 15 is 0 Å². The highest BCUT2D eigenvalue weighted by molar-refractivity contribution is 5.97. The molecule has 0 bridgehead atoms. The van der Waals surface area contributed by atoms with Crippen LogP contribution < -0.4 is 10.2 Å². The lowest BCUT2D eigenvalue weighted by Crippen LogP contribution is -2.27. The van der Waals surface area contributed by atoms with E-state index in [1.165, 1.54) is 11.1 Å². The van der Waals surface area contributed by atoms with Gasteiger partial charge in [0.1, 0.15) is 0 Å². The topological polar surface area (TPSA) is 49.4 Å². The molecule has 0 spiro atoms. The van der Waals surface area contributed by atoms with E-state index in [-0.39, 0.29) is 17.9 Å². The molecule has 1 atom stereocenters. The fourth-order valence-corrected chi connectivity index (χ4v) is 3.66. The highest BCUT2D eigenvalue weighted by Gasteiger charge is 2.24. The first kappa shape index (κ1) is 14.9. The van der Waals surface area contributed by atoms with Crippen LogP contribution in [0.1, 0.15) is 46.8 Å². The van der Waals surface area contributed by atoms with E-state index in [1.807, 2.05) is 24.3 Å². The Bertz CT molecular complexity index is 782. The van der Waals surface area contributed by atoms with Crippen molar-refractivity contribution in [2.45, 2.75) is 31.7 Å². The highest BCUT2D eigenvalue weighted by Crippen LogP contribution is 2.31. The molecule has 1 fully saturated rings. The Labute approximate surface area is 141 Å². The van der Waals surface area contributed by atoms with Crippen molar-refractivity contribution in [3.8, 4) is 0 Å². The van der Waals surface area contributed by atoms with Crippen LogP contribution >= 0.6 is 0 Å². The summed E-state index contributed by atoms with van der Waals surface area (Å²) in [6.45, 7) is 0.767. The minimum Gasteiger partial charge on any atom is -0.345 e. The smallest absolute Gasteiger partial charge is 0.251 e. The Morgan fingerprint density at radius 3 is 2.58 bits per heavy atom. The molecule has 122 valence electrons. The van der Waals surface area contributed by atoms with Crippen LogP contribution in [-0.2, 0) is 11.2 Å². The van der Waals surface area contributed by atoms with Gasteiger partial charge in [-0.3, -0.25) is 9.59 Å². The first-order chi connectivity index (χ1) is 11.7. The summed E-state index contributed by atoms with van der Waals surface area (Å²) in [7, 11) is 0. The van der Waals surface area contributed by atoms with Gasteiger partial charge in [-0.15, -0.1) is 0 Å². The third kappa shape index (κ3) is 2.68. The zero-order chi connectivity index (χ0) is 16.5. The SMILES string of the molecule is O=C(NC1CCc2ccccc21)c1ccc(N2CCCC2=O)cc1. The zero-order valence-corrected chi connectivity index (χ0v) is 13.5. The van der Waals surface area contributed by atoms with Gasteiger partial charge in [-0.1, -0.05) is 24.3 Å². The van der Waals surface area contributed by atoms with Gasteiger partial charge in [-0.2, -0.15) is 0 Å². The number of aryl methyl sites for hydroxylation is 1. The minimum atomic E-state index is -0.0593. The van der Waals surface area contributed by atoms with E-state index in [9.17, 15) is 9.59 Å². The van der Waals surface area contributed by atoms with E-state index in [2.05, 4.69) is 17.4 Å². The molecule has 2 aliphatic rings. The van der Waals surface area contributed by atoms with Gasteiger partial charge < -0.3 is 10.2 Å². The van der Waals surface area contributed by atoms with Crippen LogP contribution in [0.4, 0.5) is 5.69 Å². The maximum absolute atomic E-state index is 12.5. The van der Waals surface area contributed by atoms with E-state index in [1.54, 1.807) is 17.0 Å². The molecule has 0 saturated carbocycles. The molecule has 24 heavy (non-hydrogen) atoms. The zero-order valence-electron chi connectivity index (χ0n) is 13.5. The molecule has 4 nitrogen and oxygen atoms in total. The second-order valence-electron chi connectivity index (χ2n) is 6.46. The van der Waals surface area contributed by atoms with Crippen molar-refractivity contribution < 1.29 is 9.59 Å². The molecule has 2 aromatic rings. The summed E-state index contributed by atoms with van der Waals surface area (Å²) in [4.78, 5) is 26.1. The second kappa shape index (κ2) is 6.11. The molecule has 0 aromatic heterocycles. The van der Waals surface area contributed by atoms with Gasteiger partial charge in [0.25, 0.3) is 5.91 Å². The number of fused-ring (bicyclic) bond motifs is 1. The maximum Gasteiger partial charge on any atom is 0.251 e. The van der Waals surface area contributed by atoms with Gasteiger partial charge in [0.2, 0.25) is 5.91 Å². The van der Waals surface area contributed by atoms with Crippen LogP contribution in [0.3, 0.4) is 0 Å². The molecule has 1 heterocycles. The summed E-state index contributed by atoms with van der Waals surface area (Å²) in [5.41, 5.74) is 4.06. The van der Waals surface area contributed by atoms with E-state index in [0.717, 1.165) is 31.5 Å². The number of anilines is 1. The molecule has 1 N–H and O–H groups in total. The number of amides is 2. The van der Waals surface area contributed by atoms with E-state index < -0.39 is 0 Å². The standard InChI is InChI=1S/C20H20N2O2/c23-19-6-3-13-22(19)16-10-7-15(8-11-16)20(24)21-18-12-9-14-4-1-2-5-17(14)18/h1-2,4-5,7-8,10-11,18H,3,6,9,12-13H2,(H,21,24). The van der Waals surface area contributed by atoms with Crippen molar-refractivity contribution in [3.05, 3.63) is 65.2 Å². The molecule has 4 rings (SSSR count). The molecule has 1 aliphatic heterocycles. The van der Waals surface area contributed by atoms with E-state index in [0.29, 0.717) is 12.0 Å². The van der Waals surface area contributed by atoms with Gasteiger partial charge in [0.05, 0.1) is 6.04 Å². The summed E-state index contributed by atoms with van der Waals surface area (Å²) in [5.74, 6) is 0.103. The minimum absolute atomic E-state index is 0.0593. The van der Waals surface area contributed by atoms with E-state index in [4.69, 9.17) is 0 Å². The lowest BCUT2D eigenvalue weighted by Gasteiger charge is -2.17. The summed E-state index contributed by atoms with van der Waals surface area (Å²) >= 11 is 0. The molecule has 1 unspecified atom stereocenters. The van der Waals surface area contributed by atoms with Gasteiger partial charge >= 0.3 is 0 Å². The van der Waals surface area contributed by atoms with Gasteiger partial charge in [-0.25, -0.2) is 0 Å². The number of nitrogens with zero attached hydrogens (tertiary/aromatic N) is 1. The van der Waals surface area contributed by atoms with Crippen molar-refractivity contribution in [3.63, 3.8) is 0 Å². The van der Waals surface area contributed by atoms with Crippen molar-refractivity contribution in [2.75, 3.05) is 11.4 Å². The van der Waals surface area contributed by atoms with Crippen LogP contribution in [0.2, 0.25) is 0 Å². The fourth-order valence-electron chi connectivity index (χ4n) is 3.66. The van der Waals surface area contributed by atoms with Crippen LogP contribution in [0, 0.1) is 0 Å². The first-order valence-electron chi connectivity index (χ1n) is 8.51. The van der Waals surface area contributed by atoms with Gasteiger partial charge in [0, 0.05) is 24.2 Å². The van der Waals surface area contributed by atoms with Gasteiger partial charge in [-0.05, 0) is 54.7 Å². The Morgan fingerprint density at radius 2 is 1.83 bits per heavy atom. The van der Waals surface area contributed by atoms with Crippen LogP contribution in [0.15, 0.2) is 48.5 Å². The molecule has 1 saturated heterocycles. The quantitative estimate of drug-likeness (QED) is 0.944. The second-order valence-corrected chi connectivity index (χ2v) is 6.46. The molecule has 0 radical (unpaired) electrons. The molecular formula is C20H20N2O2. The number of benzene rings is 2. The monoisotopic (exact) mass is 320 g/mol. The fraction of sp³-hybridized carbons (Fsp3) is 0.300. The number of nitrogens with one attached hydrogen (secondary N) is 1. The molecule has 2 amide bonds. The van der Waals surface area contributed by atoms with Crippen molar-refractivity contribution >= 4 is 17.5 Å². The average molecular weight is 320 g/mol. The number of carbonyl (C=O) groups is 2. The highest BCUT2D eigenvalue weighted by atomic mass is 16.2. The summed E-state index contributed by atoms with van der Waals surface area (Å²) in [6.07, 6.45) is 3.48. The molecule has 2 aromatic carbocycles. The van der Waals surface area contributed by atoms with Crippen molar-refractivity contribution in [1.29, 1.82) is 0 Å². The van der Waals surface area contributed by atoms with Crippen LogP contribution in [0.25, 0.3) is 0 Å².